The lowest BCUT2D eigenvalue weighted by Crippen LogP contribution is -2.30. The Morgan fingerprint density at radius 3 is 2.38 bits per heavy atom. The summed E-state index contributed by atoms with van der Waals surface area (Å²) in [5.74, 6) is -1.58. The molecule has 1 saturated heterocycles. The van der Waals surface area contributed by atoms with E-state index in [1.165, 1.54) is 39.4 Å². The molecular weight excluding hydrogens is 460 g/mol. The number of nitrogens with zero attached hydrogens (tertiary/aromatic N) is 2. The van der Waals surface area contributed by atoms with Crippen LogP contribution in [0.5, 0.6) is 0 Å². The summed E-state index contributed by atoms with van der Waals surface area (Å²) in [6.45, 7) is 1.27. The molecule has 0 radical (unpaired) electrons. The maximum Gasteiger partial charge on any atom is 0.325 e. The second-order valence-corrected chi connectivity index (χ2v) is 10.1. The van der Waals surface area contributed by atoms with Gasteiger partial charge < -0.3 is 20.3 Å². The maximum absolute atomic E-state index is 13.3. The molecule has 1 aliphatic rings. The van der Waals surface area contributed by atoms with Crippen molar-refractivity contribution in [2.24, 2.45) is 0 Å². The van der Waals surface area contributed by atoms with Crippen molar-refractivity contribution in [1.29, 1.82) is 0 Å². The van der Waals surface area contributed by atoms with Crippen LogP contribution in [0.1, 0.15) is 33.6 Å². The first-order valence-corrected chi connectivity index (χ1v) is 12.2. The van der Waals surface area contributed by atoms with Crippen molar-refractivity contribution in [2.45, 2.75) is 17.7 Å². The Morgan fingerprint density at radius 1 is 1.03 bits per heavy atom. The summed E-state index contributed by atoms with van der Waals surface area (Å²) in [7, 11) is 0.348. The van der Waals surface area contributed by atoms with Crippen molar-refractivity contribution in [2.75, 3.05) is 51.1 Å². The molecular formula is C23H28N4O6S. The Morgan fingerprint density at radius 2 is 1.74 bits per heavy atom. The van der Waals surface area contributed by atoms with Crippen molar-refractivity contribution in [3.05, 3.63) is 53.6 Å². The van der Waals surface area contributed by atoms with E-state index in [0.29, 0.717) is 11.4 Å². The van der Waals surface area contributed by atoms with Crippen LogP contribution in [0.2, 0.25) is 0 Å². The fourth-order valence-corrected chi connectivity index (χ4v) is 4.49. The fourth-order valence-electron chi connectivity index (χ4n) is 3.57. The summed E-state index contributed by atoms with van der Waals surface area (Å²) in [5, 5.41) is 5.19. The Hall–Kier alpha value is -3.44. The number of sulfonamides is 1. The first-order valence-electron chi connectivity index (χ1n) is 10.7. The van der Waals surface area contributed by atoms with Gasteiger partial charge in [-0.05, 0) is 49.2 Å². The Balaban J connectivity index is 1.88. The van der Waals surface area contributed by atoms with E-state index in [0.717, 1.165) is 30.2 Å². The Labute approximate surface area is 198 Å². The van der Waals surface area contributed by atoms with Gasteiger partial charge in [-0.2, -0.15) is 0 Å². The molecule has 2 N–H and O–H groups in total. The van der Waals surface area contributed by atoms with Crippen LogP contribution in [0.25, 0.3) is 0 Å². The SMILES string of the molecule is COC(=O)CNC(=O)c1cccc(NC(=O)c2cc(S(=O)(=O)N(C)C)ccc2N2CCCC2)c1. The molecule has 1 aliphatic heterocycles. The van der Waals surface area contributed by atoms with Crippen molar-refractivity contribution >= 4 is 39.2 Å². The zero-order valence-corrected chi connectivity index (χ0v) is 20.1. The van der Waals surface area contributed by atoms with Gasteiger partial charge in [0.2, 0.25) is 10.0 Å². The van der Waals surface area contributed by atoms with Crippen LogP contribution in [-0.2, 0) is 19.6 Å². The molecule has 0 spiro atoms. The topological polar surface area (TPSA) is 125 Å². The zero-order chi connectivity index (χ0) is 24.9. The van der Waals surface area contributed by atoms with Crippen LogP contribution < -0.4 is 15.5 Å². The molecule has 182 valence electrons. The standard InChI is InChI=1S/C23H28N4O6S/c1-26(2)34(31,32)18-9-10-20(27-11-4-5-12-27)19(14-18)23(30)25-17-8-6-7-16(13-17)22(29)24-15-21(28)33-3/h6-10,13-14H,4-5,11-12,15H2,1-3H3,(H,24,29)(H,25,30). The number of nitrogens with one attached hydrogen (secondary N) is 2. The minimum atomic E-state index is -3.74. The van der Waals surface area contributed by atoms with Gasteiger partial charge in [0.15, 0.2) is 0 Å². The number of amides is 2. The second-order valence-electron chi connectivity index (χ2n) is 7.95. The van der Waals surface area contributed by atoms with Gasteiger partial charge in [-0.15, -0.1) is 0 Å². The van der Waals surface area contributed by atoms with Crippen molar-refractivity contribution in [3.63, 3.8) is 0 Å². The molecule has 11 heteroatoms. The van der Waals surface area contributed by atoms with Crippen LogP contribution in [0, 0.1) is 0 Å². The molecule has 2 amide bonds. The second kappa shape index (κ2) is 10.7. The highest BCUT2D eigenvalue weighted by Gasteiger charge is 2.25. The number of hydrogen-bond acceptors (Lipinski definition) is 7. The van der Waals surface area contributed by atoms with Crippen LogP contribution in [-0.4, -0.2) is 71.3 Å². The smallest absolute Gasteiger partial charge is 0.325 e. The summed E-state index contributed by atoms with van der Waals surface area (Å²) in [4.78, 5) is 38.9. The van der Waals surface area contributed by atoms with Gasteiger partial charge in [0.25, 0.3) is 11.8 Å². The average molecular weight is 489 g/mol. The quantitative estimate of drug-likeness (QED) is 0.542. The highest BCUT2D eigenvalue weighted by Crippen LogP contribution is 2.29. The van der Waals surface area contributed by atoms with E-state index >= 15 is 0 Å². The molecule has 0 saturated carbocycles. The summed E-state index contributed by atoms with van der Waals surface area (Å²) in [6.07, 6.45) is 1.98. The highest BCUT2D eigenvalue weighted by molar-refractivity contribution is 7.89. The van der Waals surface area contributed by atoms with Gasteiger partial charge in [-0.3, -0.25) is 14.4 Å². The average Bonchev–Trinajstić information content (AvgIpc) is 3.36. The van der Waals surface area contributed by atoms with Gasteiger partial charge in [0.05, 0.1) is 17.6 Å². The number of ether oxygens (including phenoxy) is 1. The lowest BCUT2D eigenvalue weighted by molar-refractivity contribution is -0.139. The van der Waals surface area contributed by atoms with Gasteiger partial charge in [-0.1, -0.05) is 6.07 Å². The van der Waals surface area contributed by atoms with Gasteiger partial charge in [-0.25, -0.2) is 12.7 Å². The van der Waals surface area contributed by atoms with E-state index in [1.807, 2.05) is 0 Å². The third kappa shape index (κ3) is 5.72. The van der Waals surface area contributed by atoms with E-state index in [1.54, 1.807) is 24.3 Å². The molecule has 10 nitrogen and oxygen atoms in total. The summed E-state index contributed by atoms with van der Waals surface area (Å²) >= 11 is 0. The molecule has 0 bridgehead atoms. The van der Waals surface area contributed by atoms with Crippen LogP contribution in [0.3, 0.4) is 0 Å². The van der Waals surface area contributed by atoms with Crippen molar-refractivity contribution in [3.8, 4) is 0 Å². The molecule has 2 aromatic carbocycles. The van der Waals surface area contributed by atoms with Crippen LogP contribution in [0.4, 0.5) is 11.4 Å². The third-order valence-corrected chi connectivity index (χ3v) is 7.25. The lowest BCUT2D eigenvalue weighted by Gasteiger charge is -2.22. The summed E-state index contributed by atoms with van der Waals surface area (Å²) in [5.41, 5.74) is 1.47. The number of carbonyl (C=O) groups is 3. The highest BCUT2D eigenvalue weighted by atomic mass is 32.2. The van der Waals surface area contributed by atoms with Crippen LogP contribution in [0.15, 0.2) is 47.4 Å². The summed E-state index contributed by atoms with van der Waals surface area (Å²) in [6, 6.07) is 10.8. The number of anilines is 2. The third-order valence-electron chi connectivity index (χ3n) is 5.44. The molecule has 0 atom stereocenters. The first kappa shape index (κ1) is 25.2. The molecule has 3 rings (SSSR count). The largest absolute Gasteiger partial charge is 0.468 e. The van der Waals surface area contributed by atoms with E-state index in [4.69, 9.17) is 0 Å². The fraction of sp³-hybridized carbons (Fsp3) is 0.348. The lowest BCUT2D eigenvalue weighted by atomic mass is 10.1. The molecule has 0 aromatic heterocycles. The number of esters is 1. The van der Waals surface area contributed by atoms with E-state index in [9.17, 15) is 22.8 Å². The minimum Gasteiger partial charge on any atom is -0.468 e. The van der Waals surface area contributed by atoms with Crippen LogP contribution >= 0.6 is 0 Å². The molecule has 1 fully saturated rings. The molecule has 34 heavy (non-hydrogen) atoms. The number of rotatable bonds is 8. The maximum atomic E-state index is 13.3. The number of hydrogen-bond donors (Lipinski definition) is 2. The van der Waals surface area contributed by atoms with Crippen molar-refractivity contribution < 1.29 is 27.5 Å². The van der Waals surface area contributed by atoms with Crippen molar-refractivity contribution in [1.82, 2.24) is 9.62 Å². The number of methoxy groups -OCH3 is 1. The van der Waals surface area contributed by atoms with Gasteiger partial charge >= 0.3 is 5.97 Å². The minimum absolute atomic E-state index is 0.0153. The predicted molar refractivity (Wildman–Crippen MR) is 128 cm³/mol. The molecule has 0 unspecified atom stereocenters. The number of benzene rings is 2. The van der Waals surface area contributed by atoms with E-state index in [2.05, 4.69) is 20.3 Å². The van der Waals surface area contributed by atoms with E-state index in [-0.39, 0.29) is 22.6 Å². The molecule has 1 heterocycles. The normalized spacial score (nSPS) is 13.6. The predicted octanol–water partition coefficient (Wildman–Crippen LogP) is 1.69. The number of carbonyl (C=O) groups excluding carboxylic acids is 3. The van der Waals surface area contributed by atoms with E-state index < -0.39 is 27.8 Å². The Bertz CT molecular complexity index is 1190. The van der Waals surface area contributed by atoms with Gasteiger partial charge in [0.1, 0.15) is 6.54 Å². The summed E-state index contributed by atoms with van der Waals surface area (Å²) < 4.78 is 30.9. The zero-order valence-electron chi connectivity index (χ0n) is 19.3. The van der Waals surface area contributed by atoms with Gasteiger partial charge in [0, 0.05) is 44.1 Å². The molecule has 0 aliphatic carbocycles. The molecule has 2 aromatic rings. The first-order chi connectivity index (χ1) is 16.1. The Kier molecular flexibility index (Phi) is 7.90. The monoisotopic (exact) mass is 488 g/mol.